The van der Waals surface area contributed by atoms with E-state index in [-0.39, 0.29) is 37.5 Å². The van der Waals surface area contributed by atoms with E-state index in [4.69, 9.17) is 4.74 Å². The number of esters is 1. The molecule has 222 valence electrons. The molecule has 1 aliphatic heterocycles. The molecule has 8 heteroatoms. The third kappa shape index (κ3) is 8.11. The third-order valence-electron chi connectivity index (χ3n) is 7.61. The van der Waals surface area contributed by atoms with Crippen LogP contribution in [0.15, 0.2) is 103 Å². The molecule has 1 heterocycles. The summed E-state index contributed by atoms with van der Waals surface area (Å²) in [5.74, 6) is -0.598. The van der Waals surface area contributed by atoms with Crippen molar-refractivity contribution >= 4 is 11.9 Å². The van der Waals surface area contributed by atoms with E-state index in [2.05, 4.69) is 5.32 Å². The van der Waals surface area contributed by atoms with Gasteiger partial charge in [0, 0.05) is 24.7 Å². The number of rotatable bonds is 10. The molecule has 1 atom stereocenters. The number of halogens is 3. The maximum atomic E-state index is 13.5. The zero-order valence-electron chi connectivity index (χ0n) is 23.6. The van der Waals surface area contributed by atoms with Crippen molar-refractivity contribution in [3.05, 3.63) is 120 Å². The van der Waals surface area contributed by atoms with Crippen molar-refractivity contribution in [2.75, 3.05) is 19.6 Å². The number of carbonyl (C=O) groups excluding carboxylic acids is 2. The Kier molecular flexibility index (Phi) is 9.57. The van der Waals surface area contributed by atoms with Crippen LogP contribution < -0.4 is 5.32 Å². The van der Waals surface area contributed by atoms with Crippen molar-refractivity contribution in [3.63, 3.8) is 0 Å². The van der Waals surface area contributed by atoms with E-state index < -0.39 is 11.7 Å². The number of alkyl halides is 3. The minimum atomic E-state index is -4.40. The first kappa shape index (κ1) is 30.0. The maximum absolute atomic E-state index is 13.5. The van der Waals surface area contributed by atoms with Crippen molar-refractivity contribution in [1.29, 1.82) is 0 Å². The molecular weight excluding hydrogens is 553 g/mol. The molecule has 0 radical (unpaired) electrons. The first-order valence-corrected chi connectivity index (χ1v) is 14.4. The number of hydrogen-bond donors (Lipinski definition) is 1. The summed E-state index contributed by atoms with van der Waals surface area (Å²) in [4.78, 5) is 27.8. The molecule has 5 rings (SSSR count). The second kappa shape index (κ2) is 13.7. The Morgan fingerprint density at radius 3 is 1.95 bits per heavy atom. The highest BCUT2D eigenvalue weighted by atomic mass is 19.4. The summed E-state index contributed by atoms with van der Waals surface area (Å²) in [5.41, 5.74) is 4.13. The van der Waals surface area contributed by atoms with Gasteiger partial charge < -0.3 is 15.0 Å². The molecule has 0 saturated carbocycles. The largest absolute Gasteiger partial charge is 0.461 e. The summed E-state index contributed by atoms with van der Waals surface area (Å²) >= 11 is 0. The fraction of sp³-hybridized carbons (Fsp3) is 0.257. The van der Waals surface area contributed by atoms with Crippen LogP contribution in [0.5, 0.6) is 0 Å². The number of ether oxygens (including phenoxy) is 1. The van der Waals surface area contributed by atoms with Crippen molar-refractivity contribution in [1.82, 2.24) is 10.2 Å². The maximum Gasteiger partial charge on any atom is 0.416 e. The van der Waals surface area contributed by atoms with Gasteiger partial charge in [-0.15, -0.1) is 0 Å². The van der Waals surface area contributed by atoms with E-state index in [0.717, 1.165) is 48.2 Å². The molecule has 0 aromatic heterocycles. The summed E-state index contributed by atoms with van der Waals surface area (Å²) in [6.07, 6.45) is -2.36. The fourth-order valence-corrected chi connectivity index (χ4v) is 5.18. The summed E-state index contributed by atoms with van der Waals surface area (Å²) in [6.45, 7) is 1.72. The van der Waals surface area contributed by atoms with E-state index in [0.29, 0.717) is 23.2 Å². The molecule has 1 aliphatic rings. The number of nitrogens with zero attached hydrogens (tertiary/aromatic N) is 1. The summed E-state index contributed by atoms with van der Waals surface area (Å²) in [7, 11) is 0. The van der Waals surface area contributed by atoms with Crippen LogP contribution in [0, 0.1) is 0 Å². The predicted octanol–water partition coefficient (Wildman–Crippen LogP) is 7.37. The van der Waals surface area contributed by atoms with Crippen LogP contribution >= 0.6 is 0 Å². The van der Waals surface area contributed by atoms with Gasteiger partial charge in [-0.3, -0.25) is 9.59 Å². The van der Waals surface area contributed by atoms with Crippen molar-refractivity contribution in [2.24, 2.45) is 0 Å². The molecule has 1 fully saturated rings. The normalized spacial score (nSPS) is 14.8. The Balaban J connectivity index is 1.18. The molecule has 4 aromatic carbocycles. The van der Waals surface area contributed by atoms with Crippen LogP contribution in [0.25, 0.3) is 22.3 Å². The van der Waals surface area contributed by atoms with Crippen LogP contribution in [0.4, 0.5) is 13.2 Å². The van der Waals surface area contributed by atoms with Crippen LogP contribution in [-0.4, -0.2) is 42.5 Å². The van der Waals surface area contributed by atoms with E-state index in [1.165, 1.54) is 12.1 Å². The van der Waals surface area contributed by atoms with E-state index >= 15 is 0 Å². The van der Waals surface area contributed by atoms with Crippen LogP contribution in [0.2, 0.25) is 0 Å². The molecule has 4 aromatic rings. The lowest BCUT2D eigenvalue weighted by Crippen LogP contribution is -2.42. The lowest BCUT2D eigenvalue weighted by atomic mass is 10.0. The van der Waals surface area contributed by atoms with Gasteiger partial charge in [-0.25, -0.2) is 0 Å². The molecule has 1 N–H and O–H groups in total. The Morgan fingerprint density at radius 2 is 1.37 bits per heavy atom. The average molecular weight is 587 g/mol. The minimum Gasteiger partial charge on any atom is -0.461 e. The quantitative estimate of drug-likeness (QED) is 0.197. The number of hydrogen-bond acceptors (Lipinski definition) is 4. The second-order valence-corrected chi connectivity index (χ2v) is 10.7. The van der Waals surface area contributed by atoms with Gasteiger partial charge >= 0.3 is 12.1 Å². The highest BCUT2D eigenvalue weighted by Crippen LogP contribution is 2.31. The van der Waals surface area contributed by atoms with Crippen LogP contribution in [-0.2, 0) is 22.3 Å². The second-order valence-electron chi connectivity index (χ2n) is 10.7. The summed E-state index contributed by atoms with van der Waals surface area (Å²) in [5, 5.41) is 3.40. The molecular formula is C35H33F3N2O3. The van der Waals surface area contributed by atoms with Gasteiger partial charge in [0.2, 0.25) is 0 Å². The third-order valence-corrected chi connectivity index (χ3v) is 7.61. The van der Waals surface area contributed by atoms with Gasteiger partial charge in [-0.1, -0.05) is 78.9 Å². The molecule has 0 unspecified atom stereocenters. The first-order chi connectivity index (χ1) is 20.8. The summed E-state index contributed by atoms with van der Waals surface area (Å²) in [6, 6.07) is 29.7. The molecule has 1 amide bonds. The van der Waals surface area contributed by atoms with Crippen molar-refractivity contribution in [2.45, 2.75) is 38.1 Å². The van der Waals surface area contributed by atoms with Crippen molar-refractivity contribution in [3.8, 4) is 22.3 Å². The summed E-state index contributed by atoms with van der Waals surface area (Å²) < 4.78 is 44.2. The molecule has 5 nitrogen and oxygen atoms in total. The zero-order chi connectivity index (χ0) is 30.2. The van der Waals surface area contributed by atoms with Crippen LogP contribution in [0.3, 0.4) is 0 Å². The van der Waals surface area contributed by atoms with Gasteiger partial charge in [-0.05, 0) is 71.5 Å². The molecule has 43 heavy (non-hydrogen) atoms. The lowest BCUT2D eigenvalue weighted by Gasteiger charge is -2.26. The fourth-order valence-electron chi connectivity index (χ4n) is 5.18. The average Bonchev–Trinajstić information content (AvgIpc) is 3.55. The van der Waals surface area contributed by atoms with E-state index in [1.807, 2.05) is 54.6 Å². The Hall–Kier alpha value is -4.43. The highest BCUT2D eigenvalue weighted by Gasteiger charge is 2.30. The van der Waals surface area contributed by atoms with E-state index in [9.17, 15) is 22.8 Å². The number of amides is 1. The molecule has 0 bridgehead atoms. The van der Waals surface area contributed by atoms with Gasteiger partial charge in [0.15, 0.2) is 0 Å². The zero-order valence-corrected chi connectivity index (χ0v) is 23.6. The van der Waals surface area contributed by atoms with E-state index in [1.54, 1.807) is 29.2 Å². The minimum absolute atomic E-state index is 0.0597. The Labute approximate surface area is 249 Å². The van der Waals surface area contributed by atoms with Gasteiger partial charge in [0.25, 0.3) is 5.91 Å². The Bertz CT molecular complexity index is 1500. The molecule has 0 spiro atoms. The molecule has 1 saturated heterocycles. The molecule has 0 aliphatic carbocycles. The number of benzene rings is 4. The number of carbonyl (C=O) groups is 2. The lowest BCUT2D eigenvalue weighted by molar-refractivity contribution is -0.145. The van der Waals surface area contributed by atoms with Gasteiger partial charge in [0.05, 0.1) is 12.0 Å². The van der Waals surface area contributed by atoms with Crippen LogP contribution in [0.1, 0.15) is 40.7 Å². The van der Waals surface area contributed by atoms with Crippen molar-refractivity contribution < 1.29 is 27.5 Å². The highest BCUT2D eigenvalue weighted by molar-refractivity contribution is 5.95. The monoisotopic (exact) mass is 586 g/mol. The first-order valence-electron chi connectivity index (χ1n) is 14.4. The van der Waals surface area contributed by atoms with Gasteiger partial charge in [0.1, 0.15) is 6.61 Å². The van der Waals surface area contributed by atoms with Gasteiger partial charge in [-0.2, -0.15) is 13.2 Å². The SMILES string of the molecule is O=C(CCN(C[C@@H]1CCCN1)C(=O)c1ccc(-c2ccc(C(F)(F)F)cc2)cc1)OCc1ccc(-c2ccccc2)cc1. The standard InChI is InChI=1S/C35H33F3N2O3/c36-35(37,38)31-18-16-29(17-19-31)28-12-14-30(15-13-28)34(42)40(23-32-7-4-21-39-32)22-20-33(41)43-24-25-8-10-27(11-9-25)26-5-2-1-3-6-26/h1-3,5-6,8-19,32,39H,4,7,20-24H2/t32-/m0/s1. The smallest absolute Gasteiger partial charge is 0.416 e. The topological polar surface area (TPSA) is 58.6 Å². The number of nitrogens with one attached hydrogen (secondary N) is 1. The Morgan fingerprint density at radius 1 is 0.791 bits per heavy atom. The predicted molar refractivity (Wildman–Crippen MR) is 160 cm³/mol.